The van der Waals surface area contributed by atoms with Gasteiger partial charge in [0.25, 0.3) is 0 Å². The topological polar surface area (TPSA) is 52.6 Å². The van der Waals surface area contributed by atoms with E-state index in [1.54, 1.807) is 11.1 Å². The maximum atomic E-state index is 12.1. The normalized spacial score (nSPS) is 47.2. The van der Waals surface area contributed by atoms with Crippen LogP contribution in [-0.2, 0) is 19.1 Å². The van der Waals surface area contributed by atoms with Gasteiger partial charge in [-0.1, -0.05) is 66.2 Å². The summed E-state index contributed by atoms with van der Waals surface area (Å²) in [5.41, 5.74) is 4.15. The Morgan fingerprint density at radius 3 is 2.21 bits per heavy atom. The molecule has 5 aliphatic carbocycles. The largest absolute Gasteiger partial charge is 0.465 e. The zero-order chi connectivity index (χ0) is 27.9. The summed E-state index contributed by atoms with van der Waals surface area (Å²) in [4.78, 5) is 24.0. The van der Waals surface area contributed by atoms with E-state index in [-0.39, 0.29) is 34.3 Å². The second-order valence-corrected chi connectivity index (χ2v) is 15.9. The van der Waals surface area contributed by atoms with Crippen molar-refractivity contribution in [2.24, 2.45) is 44.3 Å². The number of carbonyl (C=O) groups is 2. The molecular formula is C34H52O4. The Bertz CT molecular complexity index is 1080. The molecule has 212 valence electrons. The molecule has 3 saturated carbocycles. The quantitative estimate of drug-likeness (QED) is 0.349. The van der Waals surface area contributed by atoms with Crippen molar-refractivity contribution >= 4 is 11.9 Å². The summed E-state index contributed by atoms with van der Waals surface area (Å²) in [5, 5.41) is 0. The minimum Gasteiger partial charge on any atom is -0.465 e. The van der Waals surface area contributed by atoms with E-state index in [4.69, 9.17) is 9.47 Å². The van der Waals surface area contributed by atoms with Crippen LogP contribution in [0.2, 0.25) is 0 Å². The van der Waals surface area contributed by atoms with Crippen molar-refractivity contribution in [3.05, 3.63) is 23.3 Å². The van der Waals surface area contributed by atoms with E-state index in [9.17, 15) is 9.59 Å². The highest BCUT2D eigenvalue weighted by Crippen LogP contribution is 2.74. The zero-order valence-corrected chi connectivity index (χ0v) is 25.6. The Morgan fingerprint density at radius 1 is 0.868 bits per heavy atom. The Labute approximate surface area is 231 Å². The molecule has 0 aliphatic heterocycles. The SMILES string of the molecule is CC(=O)OC[C@]1(C)[C@@H]2CC[C@]3(C)[C@H](C=CC4=C5CC(C)(C)CC[C@]5(C)CC[C@]43C)[C@@]2(C)CC[C@@H]1OC(C)=O. The van der Waals surface area contributed by atoms with Gasteiger partial charge in [-0.25, -0.2) is 0 Å². The average molecular weight is 525 g/mol. The number of rotatable bonds is 3. The van der Waals surface area contributed by atoms with E-state index in [0.717, 1.165) is 25.7 Å². The van der Waals surface area contributed by atoms with Crippen LogP contribution in [0.15, 0.2) is 23.3 Å². The van der Waals surface area contributed by atoms with Crippen molar-refractivity contribution in [3.8, 4) is 0 Å². The van der Waals surface area contributed by atoms with E-state index < -0.39 is 5.41 Å². The van der Waals surface area contributed by atoms with Crippen molar-refractivity contribution in [1.29, 1.82) is 0 Å². The molecule has 5 rings (SSSR count). The van der Waals surface area contributed by atoms with Crippen molar-refractivity contribution < 1.29 is 19.1 Å². The molecule has 8 atom stereocenters. The summed E-state index contributed by atoms with van der Waals surface area (Å²) in [5.74, 6) is 0.257. The molecule has 0 aromatic carbocycles. The summed E-state index contributed by atoms with van der Waals surface area (Å²) in [6.45, 7) is 20.7. The lowest BCUT2D eigenvalue weighted by Crippen LogP contribution is -2.64. The number of hydrogen-bond donors (Lipinski definition) is 0. The van der Waals surface area contributed by atoms with Crippen LogP contribution in [-0.4, -0.2) is 24.6 Å². The van der Waals surface area contributed by atoms with Crippen LogP contribution < -0.4 is 0 Å². The molecule has 3 fully saturated rings. The van der Waals surface area contributed by atoms with Gasteiger partial charge in [0.05, 0.1) is 0 Å². The van der Waals surface area contributed by atoms with Crippen molar-refractivity contribution in [2.45, 2.75) is 126 Å². The van der Waals surface area contributed by atoms with Gasteiger partial charge in [0.1, 0.15) is 12.7 Å². The third-order valence-corrected chi connectivity index (χ3v) is 13.1. The van der Waals surface area contributed by atoms with Gasteiger partial charge in [-0.15, -0.1) is 0 Å². The molecule has 0 aromatic rings. The summed E-state index contributed by atoms with van der Waals surface area (Å²) < 4.78 is 11.6. The molecule has 0 spiro atoms. The Morgan fingerprint density at radius 2 is 1.55 bits per heavy atom. The predicted molar refractivity (Wildman–Crippen MR) is 151 cm³/mol. The van der Waals surface area contributed by atoms with Gasteiger partial charge in [-0.05, 0) is 102 Å². The summed E-state index contributed by atoms with van der Waals surface area (Å²) in [7, 11) is 0. The number of hydrogen-bond acceptors (Lipinski definition) is 4. The molecule has 0 heterocycles. The van der Waals surface area contributed by atoms with Crippen LogP contribution in [0.5, 0.6) is 0 Å². The highest BCUT2D eigenvalue weighted by molar-refractivity contribution is 5.66. The molecule has 0 saturated heterocycles. The minimum atomic E-state index is -0.391. The van der Waals surface area contributed by atoms with Crippen LogP contribution in [0.4, 0.5) is 0 Å². The predicted octanol–water partition coefficient (Wildman–Crippen LogP) is 8.20. The fourth-order valence-corrected chi connectivity index (χ4v) is 10.5. The van der Waals surface area contributed by atoms with Crippen LogP contribution in [0.3, 0.4) is 0 Å². The fourth-order valence-electron chi connectivity index (χ4n) is 10.5. The van der Waals surface area contributed by atoms with Crippen LogP contribution in [0.25, 0.3) is 0 Å². The highest BCUT2D eigenvalue weighted by Gasteiger charge is 2.67. The summed E-state index contributed by atoms with van der Waals surface area (Å²) in [6.07, 6.45) is 15.5. The molecule has 4 nitrogen and oxygen atoms in total. The fraction of sp³-hybridized carbons (Fsp3) is 0.824. The second kappa shape index (κ2) is 8.71. The molecule has 0 radical (unpaired) electrons. The number of allylic oxidation sites excluding steroid dienone is 4. The first-order chi connectivity index (χ1) is 17.5. The van der Waals surface area contributed by atoms with E-state index in [0.29, 0.717) is 29.3 Å². The number of ether oxygens (including phenoxy) is 2. The molecule has 0 amide bonds. The standard InChI is InChI=1S/C34H52O4/c1-22(35)37-21-32(7)26-12-15-34(9)27(31(26,6)14-13-28(32)38-23(2)36)11-10-24-25-20-29(3,4)16-17-30(25,5)18-19-33(24,34)8/h10-11,26-28H,12-21H2,1-9H3/t26-,27-,28+,30-,31+,32-,33-,34-/m1/s1. The number of fused-ring (bicyclic) bond motifs is 6. The van der Waals surface area contributed by atoms with E-state index >= 15 is 0 Å². The van der Waals surface area contributed by atoms with E-state index in [1.165, 1.54) is 46.0 Å². The first-order valence-corrected chi connectivity index (χ1v) is 15.2. The second-order valence-electron chi connectivity index (χ2n) is 15.9. The molecule has 38 heavy (non-hydrogen) atoms. The smallest absolute Gasteiger partial charge is 0.302 e. The lowest BCUT2D eigenvalue weighted by Gasteiger charge is -2.69. The summed E-state index contributed by atoms with van der Waals surface area (Å²) >= 11 is 0. The molecule has 0 aromatic heterocycles. The van der Waals surface area contributed by atoms with Crippen molar-refractivity contribution in [1.82, 2.24) is 0 Å². The lowest BCUT2D eigenvalue weighted by atomic mass is 9.35. The van der Waals surface area contributed by atoms with Gasteiger partial charge in [-0.3, -0.25) is 9.59 Å². The van der Waals surface area contributed by atoms with Crippen LogP contribution in [0, 0.1) is 44.3 Å². The van der Waals surface area contributed by atoms with Gasteiger partial charge >= 0.3 is 11.9 Å². The Kier molecular flexibility index (Phi) is 6.41. The van der Waals surface area contributed by atoms with Gasteiger partial charge in [0.15, 0.2) is 0 Å². The van der Waals surface area contributed by atoms with E-state index in [1.807, 2.05) is 0 Å². The highest BCUT2D eigenvalue weighted by atomic mass is 16.6. The van der Waals surface area contributed by atoms with Crippen molar-refractivity contribution in [3.63, 3.8) is 0 Å². The number of carbonyl (C=O) groups excluding carboxylic acids is 2. The van der Waals surface area contributed by atoms with E-state index in [2.05, 4.69) is 60.6 Å². The molecule has 0 bridgehead atoms. The zero-order valence-electron chi connectivity index (χ0n) is 25.6. The lowest BCUT2D eigenvalue weighted by molar-refractivity contribution is -0.214. The third-order valence-electron chi connectivity index (χ3n) is 13.1. The first kappa shape index (κ1) is 28.0. The summed E-state index contributed by atoms with van der Waals surface area (Å²) in [6, 6.07) is 0. The van der Waals surface area contributed by atoms with Crippen LogP contribution >= 0.6 is 0 Å². The van der Waals surface area contributed by atoms with Gasteiger partial charge in [0, 0.05) is 19.3 Å². The van der Waals surface area contributed by atoms with Crippen LogP contribution in [0.1, 0.15) is 120 Å². The molecular weight excluding hydrogens is 472 g/mol. The Hall–Kier alpha value is -1.58. The van der Waals surface area contributed by atoms with Gasteiger partial charge in [0.2, 0.25) is 0 Å². The van der Waals surface area contributed by atoms with Crippen molar-refractivity contribution in [2.75, 3.05) is 6.61 Å². The first-order valence-electron chi connectivity index (χ1n) is 15.2. The molecule has 0 unspecified atom stereocenters. The maximum Gasteiger partial charge on any atom is 0.302 e. The molecule has 5 aliphatic rings. The maximum absolute atomic E-state index is 12.1. The average Bonchev–Trinajstić information content (AvgIpc) is 2.81. The minimum absolute atomic E-state index is 0.0564. The number of esters is 2. The van der Waals surface area contributed by atoms with Gasteiger partial charge in [-0.2, -0.15) is 0 Å². The monoisotopic (exact) mass is 524 g/mol. The van der Waals surface area contributed by atoms with Gasteiger partial charge < -0.3 is 9.47 Å². The Balaban J connectivity index is 1.59. The molecule has 0 N–H and O–H groups in total. The molecule has 4 heteroatoms. The third kappa shape index (κ3) is 3.89.